The van der Waals surface area contributed by atoms with Crippen LogP contribution in [0, 0.1) is 28.6 Å². The van der Waals surface area contributed by atoms with Crippen molar-refractivity contribution in [3.63, 3.8) is 0 Å². The van der Waals surface area contributed by atoms with Gasteiger partial charge in [0.1, 0.15) is 5.54 Å². The summed E-state index contributed by atoms with van der Waals surface area (Å²) < 4.78 is 27.5. The third kappa shape index (κ3) is 5.39. The number of benzene rings is 1. The fraction of sp³-hybridized carbons (Fsp3) is 0.407. The summed E-state index contributed by atoms with van der Waals surface area (Å²) in [7, 11) is -3.33. The molecule has 1 amide bonds. The monoisotopic (exact) mass is 559 g/mol. The highest BCUT2D eigenvalue weighted by Gasteiger charge is 2.49. The van der Waals surface area contributed by atoms with Gasteiger partial charge in [-0.3, -0.25) is 9.48 Å². The van der Waals surface area contributed by atoms with E-state index in [2.05, 4.69) is 32.5 Å². The average molecular weight is 560 g/mol. The van der Waals surface area contributed by atoms with Crippen molar-refractivity contribution in [3.05, 3.63) is 54.5 Å². The second-order valence-corrected chi connectivity index (χ2v) is 12.3. The van der Waals surface area contributed by atoms with Crippen LogP contribution in [0.3, 0.4) is 0 Å². The quantitative estimate of drug-likeness (QED) is 0.437. The lowest BCUT2D eigenvalue weighted by Gasteiger charge is -2.47. The van der Waals surface area contributed by atoms with Gasteiger partial charge in [0.05, 0.1) is 36.2 Å². The smallest absolute Gasteiger partial charge is 0.253 e. The molecule has 206 valence electrons. The van der Waals surface area contributed by atoms with Crippen LogP contribution >= 0.6 is 0 Å². The van der Waals surface area contributed by atoms with E-state index in [0.717, 1.165) is 0 Å². The Hall–Kier alpha value is -4.33. The molecule has 0 atom stereocenters. The Morgan fingerprint density at radius 3 is 2.52 bits per heavy atom. The Morgan fingerprint density at radius 1 is 1.15 bits per heavy atom. The summed E-state index contributed by atoms with van der Waals surface area (Å²) >= 11 is 0. The number of carbonyl (C=O) groups excluding carboxylic acids is 1. The molecule has 2 aromatic heterocycles. The maximum Gasteiger partial charge on any atom is 0.253 e. The van der Waals surface area contributed by atoms with Crippen molar-refractivity contribution in [2.75, 3.05) is 37.2 Å². The topological polar surface area (TPSA) is 161 Å². The van der Waals surface area contributed by atoms with E-state index in [-0.39, 0.29) is 37.1 Å². The van der Waals surface area contributed by atoms with Gasteiger partial charge in [0.15, 0.2) is 0 Å². The number of amides is 1. The summed E-state index contributed by atoms with van der Waals surface area (Å²) in [5, 5.41) is 26.1. The van der Waals surface area contributed by atoms with Crippen molar-refractivity contribution in [3.8, 4) is 23.4 Å². The van der Waals surface area contributed by atoms with E-state index < -0.39 is 15.6 Å². The molecule has 40 heavy (non-hydrogen) atoms. The largest absolute Gasteiger partial charge is 0.339 e. The standard InChI is InChI=1S/C27H29N9O3S/c1-2-40(38,39)35-18-27(19-35,10-11-28)36-17-22(16-31-36)24-7-12-30-26(33-24)32-23-5-3-21(4-6-23)25(37)34-13-8-20(15-29)9-14-34/h3-7,12,16-17,20H,2,8-10,13-14,18-19H2,1H3,(H,30,32,33). The molecule has 13 heteroatoms. The number of carbonyl (C=O) groups is 1. The van der Waals surface area contributed by atoms with E-state index in [1.165, 1.54) is 4.31 Å². The van der Waals surface area contributed by atoms with Crippen molar-refractivity contribution in [2.24, 2.45) is 5.92 Å². The number of likely N-dealkylation sites (tertiary alicyclic amines) is 1. The maximum absolute atomic E-state index is 12.8. The second-order valence-electron chi connectivity index (χ2n) is 10.1. The highest BCUT2D eigenvalue weighted by molar-refractivity contribution is 7.89. The van der Waals surface area contributed by atoms with E-state index in [0.29, 0.717) is 54.4 Å². The molecule has 0 unspecified atom stereocenters. The molecule has 12 nitrogen and oxygen atoms in total. The summed E-state index contributed by atoms with van der Waals surface area (Å²) in [4.78, 5) is 23.5. The number of anilines is 2. The maximum atomic E-state index is 12.8. The van der Waals surface area contributed by atoms with Crippen molar-refractivity contribution < 1.29 is 13.2 Å². The van der Waals surface area contributed by atoms with Crippen LogP contribution in [0.4, 0.5) is 11.6 Å². The summed E-state index contributed by atoms with van der Waals surface area (Å²) in [6, 6.07) is 13.3. The van der Waals surface area contributed by atoms with E-state index >= 15 is 0 Å². The van der Waals surface area contributed by atoms with Crippen molar-refractivity contribution in [2.45, 2.75) is 31.7 Å². The van der Waals surface area contributed by atoms with Crippen LogP contribution in [0.15, 0.2) is 48.9 Å². The molecule has 2 aliphatic rings. The summed E-state index contributed by atoms with van der Waals surface area (Å²) in [5.41, 5.74) is 1.90. The zero-order valence-corrected chi connectivity index (χ0v) is 22.9. The van der Waals surface area contributed by atoms with Crippen LogP contribution in [-0.4, -0.2) is 75.2 Å². The van der Waals surface area contributed by atoms with E-state index in [1.807, 2.05) is 0 Å². The lowest BCUT2D eigenvalue weighted by atomic mass is 9.89. The Labute approximate surface area is 232 Å². The molecule has 0 radical (unpaired) electrons. The molecular formula is C27H29N9O3S. The van der Waals surface area contributed by atoms with Crippen LogP contribution < -0.4 is 5.32 Å². The van der Waals surface area contributed by atoms with Gasteiger partial charge in [0.2, 0.25) is 16.0 Å². The van der Waals surface area contributed by atoms with Gasteiger partial charge in [-0.1, -0.05) is 0 Å². The minimum absolute atomic E-state index is 0.0118. The highest BCUT2D eigenvalue weighted by atomic mass is 32.2. The number of piperidine rings is 1. The molecule has 0 spiro atoms. The summed E-state index contributed by atoms with van der Waals surface area (Å²) in [6.45, 7) is 3.17. The number of sulfonamides is 1. The zero-order valence-electron chi connectivity index (χ0n) is 22.1. The molecule has 1 aromatic carbocycles. The van der Waals surface area contributed by atoms with Gasteiger partial charge in [-0.2, -0.15) is 19.9 Å². The van der Waals surface area contributed by atoms with Crippen LogP contribution in [0.2, 0.25) is 0 Å². The predicted octanol–water partition coefficient (Wildman–Crippen LogP) is 2.73. The highest BCUT2D eigenvalue weighted by Crippen LogP contribution is 2.35. The molecule has 2 fully saturated rings. The van der Waals surface area contributed by atoms with Gasteiger partial charge in [0, 0.05) is 61.3 Å². The summed E-state index contributed by atoms with van der Waals surface area (Å²) in [5.74, 6) is 0.345. The minimum atomic E-state index is -3.33. The minimum Gasteiger partial charge on any atom is -0.339 e. The van der Waals surface area contributed by atoms with E-state index in [1.54, 1.807) is 65.4 Å². The van der Waals surface area contributed by atoms with E-state index in [9.17, 15) is 18.5 Å². The Bertz CT molecular complexity index is 1570. The molecule has 0 saturated carbocycles. The molecular weight excluding hydrogens is 530 g/mol. The van der Waals surface area contributed by atoms with Gasteiger partial charge < -0.3 is 10.2 Å². The third-order valence-corrected chi connectivity index (χ3v) is 9.25. The first-order chi connectivity index (χ1) is 19.3. The Balaban J connectivity index is 1.26. The first-order valence-corrected chi connectivity index (χ1v) is 14.7. The number of aromatic nitrogens is 4. The molecule has 4 heterocycles. The lowest BCUT2D eigenvalue weighted by Crippen LogP contribution is -2.64. The van der Waals surface area contributed by atoms with Crippen LogP contribution in [0.5, 0.6) is 0 Å². The number of nitrogens with zero attached hydrogens (tertiary/aromatic N) is 8. The lowest BCUT2D eigenvalue weighted by molar-refractivity contribution is 0.0707. The fourth-order valence-electron chi connectivity index (χ4n) is 4.99. The predicted molar refractivity (Wildman–Crippen MR) is 146 cm³/mol. The van der Waals surface area contributed by atoms with Gasteiger partial charge in [0.25, 0.3) is 5.91 Å². The fourth-order valence-corrected chi connectivity index (χ4v) is 6.23. The number of nitriles is 2. The van der Waals surface area contributed by atoms with Crippen LogP contribution in [0.25, 0.3) is 11.3 Å². The SMILES string of the molecule is CCS(=O)(=O)N1CC(CC#N)(n2cc(-c3ccnc(Nc4ccc(C(=O)N5CCC(C#N)CC5)cc4)n3)cn2)C1. The number of nitrogens with one attached hydrogen (secondary N) is 1. The molecule has 0 bridgehead atoms. The third-order valence-electron chi connectivity index (χ3n) is 7.48. The molecule has 3 aromatic rings. The zero-order chi connectivity index (χ0) is 28.3. The van der Waals surface area contributed by atoms with Gasteiger partial charge in [-0.05, 0) is 50.1 Å². The normalized spacial score (nSPS) is 17.4. The van der Waals surface area contributed by atoms with Crippen LogP contribution in [-0.2, 0) is 15.6 Å². The first-order valence-electron chi connectivity index (χ1n) is 13.1. The van der Waals surface area contributed by atoms with E-state index in [4.69, 9.17) is 5.26 Å². The molecule has 1 N–H and O–H groups in total. The molecule has 2 aliphatic heterocycles. The number of hydrogen-bond acceptors (Lipinski definition) is 9. The van der Waals surface area contributed by atoms with Crippen molar-refractivity contribution in [1.29, 1.82) is 10.5 Å². The average Bonchev–Trinajstić information content (AvgIpc) is 3.46. The van der Waals surface area contributed by atoms with Gasteiger partial charge >= 0.3 is 0 Å². The van der Waals surface area contributed by atoms with Crippen molar-refractivity contribution >= 4 is 27.6 Å². The van der Waals surface area contributed by atoms with Gasteiger partial charge in [-0.15, -0.1) is 0 Å². The second kappa shape index (κ2) is 11.0. The van der Waals surface area contributed by atoms with Crippen molar-refractivity contribution in [1.82, 2.24) is 29.0 Å². The Kier molecular flexibility index (Phi) is 7.52. The van der Waals surface area contributed by atoms with Crippen LogP contribution in [0.1, 0.15) is 36.5 Å². The number of hydrogen-bond donors (Lipinski definition) is 1. The van der Waals surface area contributed by atoms with Gasteiger partial charge in [-0.25, -0.2) is 18.4 Å². The number of rotatable bonds is 8. The molecule has 5 rings (SSSR count). The first kappa shape index (κ1) is 27.2. The molecule has 0 aliphatic carbocycles. The Morgan fingerprint density at radius 2 is 1.88 bits per heavy atom. The molecule has 2 saturated heterocycles. The summed E-state index contributed by atoms with van der Waals surface area (Å²) in [6.07, 6.45) is 6.58.